The maximum absolute atomic E-state index is 3.77. The van der Waals surface area contributed by atoms with Crippen LogP contribution >= 0.6 is 15.9 Å². The summed E-state index contributed by atoms with van der Waals surface area (Å²) >= 11 is 3.77. The second kappa shape index (κ2) is 6.46. The highest BCUT2D eigenvalue weighted by Crippen LogP contribution is 2.59. The molecular formula is C27H31Br. The number of fused-ring (bicyclic) bond motifs is 2. The molecule has 0 amide bonds. The molecule has 0 fully saturated rings. The van der Waals surface area contributed by atoms with Crippen molar-refractivity contribution in [3.63, 3.8) is 0 Å². The van der Waals surface area contributed by atoms with Crippen LogP contribution in [0.15, 0.2) is 52.0 Å². The van der Waals surface area contributed by atoms with Gasteiger partial charge in [0, 0.05) is 16.3 Å². The summed E-state index contributed by atoms with van der Waals surface area (Å²) in [5.74, 6) is 0.862. The Morgan fingerprint density at radius 3 is 1.79 bits per heavy atom. The van der Waals surface area contributed by atoms with Crippen LogP contribution in [0.5, 0.6) is 0 Å². The first-order valence-electron chi connectivity index (χ1n) is 10.3. The lowest BCUT2D eigenvalue weighted by Crippen LogP contribution is -2.30. The SMILES string of the molecule is CC1=Cc2c(Br)cccc2C1C(C)(C)C1C(C)=Cc2c1cccc2C(C)(C)C. The zero-order valence-electron chi connectivity index (χ0n) is 18.2. The van der Waals surface area contributed by atoms with Crippen molar-refractivity contribution in [3.05, 3.63) is 79.8 Å². The van der Waals surface area contributed by atoms with E-state index in [1.54, 1.807) is 0 Å². The van der Waals surface area contributed by atoms with Crippen LogP contribution in [0.2, 0.25) is 0 Å². The van der Waals surface area contributed by atoms with E-state index in [1.807, 2.05) is 0 Å². The molecule has 2 aromatic carbocycles. The predicted octanol–water partition coefficient (Wildman–Crippen LogP) is 8.47. The Hall–Kier alpha value is -1.60. The van der Waals surface area contributed by atoms with Gasteiger partial charge in [-0.25, -0.2) is 0 Å². The van der Waals surface area contributed by atoms with Crippen LogP contribution in [-0.4, -0.2) is 0 Å². The fourth-order valence-corrected chi connectivity index (χ4v) is 6.36. The van der Waals surface area contributed by atoms with Gasteiger partial charge in [0.2, 0.25) is 0 Å². The highest BCUT2D eigenvalue weighted by atomic mass is 79.9. The summed E-state index contributed by atoms with van der Waals surface area (Å²) in [5, 5.41) is 0. The van der Waals surface area contributed by atoms with Gasteiger partial charge in [-0.05, 0) is 58.6 Å². The molecule has 0 aromatic heterocycles. The zero-order valence-corrected chi connectivity index (χ0v) is 19.7. The van der Waals surface area contributed by atoms with Crippen LogP contribution in [0.25, 0.3) is 12.2 Å². The lowest BCUT2D eigenvalue weighted by molar-refractivity contribution is 0.274. The van der Waals surface area contributed by atoms with Gasteiger partial charge in [0.15, 0.2) is 0 Å². The summed E-state index contributed by atoms with van der Waals surface area (Å²) in [6.45, 7) is 16.5. The summed E-state index contributed by atoms with van der Waals surface area (Å²) in [6.07, 6.45) is 4.84. The number of benzene rings is 2. The van der Waals surface area contributed by atoms with E-state index in [0.29, 0.717) is 11.8 Å². The maximum Gasteiger partial charge on any atom is 0.0250 e. The van der Waals surface area contributed by atoms with Crippen molar-refractivity contribution >= 4 is 28.1 Å². The van der Waals surface area contributed by atoms with Gasteiger partial charge in [0.1, 0.15) is 0 Å². The number of allylic oxidation sites excluding steroid dienone is 2. The van der Waals surface area contributed by atoms with Gasteiger partial charge in [0.05, 0.1) is 0 Å². The van der Waals surface area contributed by atoms with E-state index >= 15 is 0 Å². The molecule has 4 rings (SSSR count). The molecule has 0 radical (unpaired) electrons. The Labute approximate surface area is 178 Å². The van der Waals surface area contributed by atoms with Crippen molar-refractivity contribution in [2.45, 2.75) is 65.7 Å². The van der Waals surface area contributed by atoms with Crippen LogP contribution in [0.3, 0.4) is 0 Å². The van der Waals surface area contributed by atoms with Crippen LogP contribution < -0.4 is 0 Å². The molecule has 2 aliphatic carbocycles. The molecule has 0 heterocycles. The molecule has 0 N–H and O–H groups in total. The fraction of sp³-hybridized carbons (Fsp3) is 0.407. The standard InChI is InChI=1S/C27H31Br/c1-16-14-20-18(10-8-12-22(20)26(3,4)5)24(16)27(6,7)25-17(2)15-21-19(25)11-9-13-23(21)28/h8-15,24-25H,1-7H3. The molecule has 0 nitrogen and oxygen atoms in total. The second-order valence-electron chi connectivity index (χ2n) is 10.3. The van der Waals surface area contributed by atoms with Gasteiger partial charge in [-0.2, -0.15) is 0 Å². The van der Waals surface area contributed by atoms with Gasteiger partial charge in [0.25, 0.3) is 0 Å². The summed E-state index contributed by atoms with van der Waals surface area (Å²) < 4.78 is 1.21. The first kappa shape index (κ1) is 19.7. The third-order valence-electron chi connectivity index (χ3n) is 6.80. The van der Waals surface area contributed by atoms with Crippen LogP contribution in [-0.2, 0) is 5.41 Å². The van der Waals surface area contributed by atoms with Crippen LogP contribution in [0, 0.1) is 5.41 Å². The Balaban J connectivity index is 1.85. The van der Waals surface area contributed by atoms with Gasteiger partial charge in [-0.3, -0.25) is 0 Å². The van der Waals surface area contributed by atoms with Gasteiger partial charge >= 0.3 is 0 Å². The molecule has 0 bridgehead atoms. The smallest absolute Gasteiger partial charge is 0.0250 e. The average Bonchev–Trinajstić information content (AvgIpc) is 3.10. The van der Waals surface area contributed by atoms with Crippen molar-refractivity contribution < 1.29 is 0 Å². The molecule has 28 heavy (non-hydrogen) atoms. The van der Waals surface area contributed by atoms with E-state index in [9.17, 15) is 0 Å². The quantitative estimate of drug-likeness (QED) is 0.444. The van der Waals surface area contributed by atoms with Crippen molar-refractivity contribution in [1.29, 1.82) is 0 Å². The van der Waals surface area contributed by atoms with Gasteiger partial charge in [-0.15, -0.1) is 0 Å². The van der Waals surface area contributed by atoms with E-state index in [2.05, 4.69) is 113 Å². The lowest BCUT2D eigenvalue weighted by Gasteiger charge is -2.41. The molecule has 1 heteroatoms. The van der Waals surface area contributed by atoms with E-state index < -0.39 is 0 Å². The third kappa shape index (κ3) is 2.86. The minimum Gasteiger partial charge on any atom is -0.0646 e. The largest absolute Gasteiger partial charge is 0.0646 e. The zero-order chi connectivity index (χ0) is 20.4. The molecule has 2 unspecified atom stereocenters. The molecule has 2 aliphatic rings. The summed E-state index contributed by atoms with van der Waals surface area (Å²) in [6, 6.07) is 13.6. The first-order chi connectivity index (χ1) is 13.0. The molecule has 0 saturated carbocycles. The summed E-state index contributed by atoms with van der Waals surface area (Å²) in [5.41, 5.74) is 10.5. The Kier molecular flexibility index (Phi) is 4.54. The molecule has 146 valence electrons. The summed E-state index contributed by atoms with van der Waals surface area (Å²) in [4.78, 5) is 0. The number of rotatable bonds is 2. The lowest BCUT2D eigenvalue weighted by atomic mass is 9.62. The van der Waals surface area contributed by atoms with E-state index in [4.69, 9.17) is 0 Å². The van der Waals surface area contributed by atoms with E-state index in [1.165, 1.54) is 43.4 Å². The molecule has 2 aromatic rings. The Bertz CT molecular complexity index is 1010. The second-order valence-corrected chi connectivity index (χ2v) is 11.1. The van der Waals surface area contributed by atoms with Gasteiger partial charge in [-0.1, -0.05) is 104 Å². The minimum absolute atomic E-state index is 0.0922. The Morgan fingerprint density at radius 1 is 0.714 bits per heavy atom. The molecule has 0 aliphatic heterocycles. The number of hydrogen-bond donors (Lipinski definition) is 0. The monoisotopic (exact) mass is 434 g/mol. The number of hydrogen-bond acceptors (Lipinski definition) is 0. The van der Waals surface area contributed by atoms with Crippen molar-refractivity contribution in [1.82, 2.24) is 0 Å². The van der Waals surface area contributed by atoms with Crippen molar-refractivity contribution in [2.75, 3.05) is 0 Å². The Morgan fingerprint density at radius 2 is 1.21 bits per heavy atom. The van der Waals surface area contributed by atoms with Crippen molar-refractivity contribution in [2.24, 2.45) is 5.41 Å². The first-order valence-corrected chi connectivity index (χ1v) is 11.1. The third-order valence-corrected chi connectivity index (χ3v) is 7.49. The van der Waals surface area contributed by atoms with Gasteiger partial charge < -0.3 is 0 Å². The highest BCUT2D eigenvalue weighted by Gasteiger charge is 2.45. The van der Waals surface area contributed by atoms with Crippen LogP contribution in [0.1, 0.15) is 88.1 Å². The number of halogens is 1. The normalized spacial score (nSPS) is 21.3. The van der Waals surface area contributed by atoms with E-state index in [-0.39, 0.29) is 10.8 Å². The minimum atomic E-state index is 0.0922. The average molecular weight is 435 g/mol. The highest BCUT2D eigenvalue weighted by molar-refractivity contribution is 9.10. The topological polar surface area (TPSA) is 0 Å². The molecular weight excluding hydrogens is 404 g/mol. The maximum atomic E-state index is 3.77. The van der Waals surface area contributed by atoms with Crippen molar-refractivity contribution in [3.8, 4) is 0 Å². The van der Waals surface area contributed by atoms with E-state index in [0.717, 1.165) is 0 Å². The molecule has 0 saturated heterocycles. The summed E-state index contributed by atoms with van der Waals surface area (Å²) in [7, 11) is 0. The fourth-order valence-electron chi connectivity index (χ4n) is 5.86. The molecule has 2 atom stereocenters. The molecule has 0 spiro atoms. The predicted molar refractivity (Wildman–Crippen MR) is 126 cm³/mol. The van der Waals surface area contributed by atoms with Crippen LogP contribution in [0.4, 0.5) is 0 Å².